The summed E-state index contributed by atoms with van der Waals surface area (Å²) in [5.41, 5.74) is 6.25. The number of thiophene rings is 1. The number of rotatable bonds is 5. The van der Waals surface area contributed by atoms with E-state index in [1.54, 1.807) is 28.9 Å². The molecular weight excluding hydrogens is 420 g/mol. The Morgan fingerprint density at radius 3 is 2.61 bits per heavy atom. The van der Waals surface area contributed by atoms with E-state index in [1.807, 2.05) is 35.7 Å². The third kappa shape index (κ3) is 4.15. The summed E-state index contributed by atoms with van der Waals surface area (Å²) in [4.78, 5) is 17.4. The van der Waals surface area contributed by atoms with Crippen LogP contribution in [-0.4, -0.2) is 10.9 Å². The van der Waals surface area contributed by atoms with Crippen LogP contribution in [0.3, 0.4) is 0 Å². The van der Waals surface area contributed by atoms with Crippen LogP contribution in [0.2, 0.25) is 0 Å². The molecular formula is C26H20N2OS2. The average molecular weight is 441 g/mol. The van der Waals surface area contributed by atoms with Gasteiger partial charge in [0, 0.05) is 39.3 Å². The lowest BCUT2D eigenvalue weighted by Gasteiger charge is -2.10. The predicted molar refractivity (Wildman–Crippen MR) is 131 cm³/mol. The molecule has 0 aliphatic rings. The molecule has 3 nitrogen and oxygen atoms in total. The van der Waals surface area contributed by atoms with Gasteiger partial charge in [0.25, 0.3) is 5.91 Å². The van der Waals surface area contributed by atoms with E-state index >= 15 is 0 Å². The topological polar surface area (TPSA) is 42.0 Å². The summed E-state index contributed by atoms with van der Waals surface area (Å²) in [6, 6.07) is 22.7. The fraction of sp³-hybridized carbons (Fsp3) is 0.0769. The maximum Gasteiger partial charge on any atom is 0.251 e. The highest BCUT2D eigenvalue weighted by Crippen LogP contribution is 2.33. The quantitative estimate of drug-likeness (QED) is 0.322. The van der Waals surface area contributed by atoms with Crippen LogP contribution >= 0.6 is 22.7 Å². The Morgan fingerprint density at radius 2 is 1.81 bits per heavy atom. The standard InChI is InChI=1S/C26H20N2OS2/c1-17-5-7-19(8-6-17)23-14-21(15-24-22(23)9-11-30-24)25(29)28-16-18-3-2-4-20(13-18)26-27-10-12-31-26/h2-15H,16H2,1H3,(H,28,29). The average Bonchev–Trinajstić information content (AvgIpc) is 3.50. The summed E-state index contributed by atoms with van der Waals surface area (Å²) in [7, 11) is 0. The molecule has 0 aliphatic heterocycles. The van der Waals surface area contributed by atoms with Crippen molar-refractivity contribution in [3.63, 3.8) is 0 Å². The van der Waals surface area contributed by atoms with Crippen LogP contribution in [0, 0.1) is 6.92 Å². The molecule has 31 heavy (non-hydrogen) atoms. The number of hydrogen-bond acceptors (Lipinski definition) is 4. The number of aromatic nitrogens is 1. The van der Waals surface area contributed by atoms with Gasteiger partial charge < -0.3 is 5.32 Å². The predicted octanol–water partition coefficient (Wildman–Crippen LogP) is 6.93. The first kappa shape index (κ1) is 19.7. The van der Waals surface area contributed by atoms with Crippen LogP contribution in [0.5, 0.6) is 0 Å². The fourth-order valence-corrected chi connectivity index (χ4v) is 5.13. The molecule has 5 heteroatoms. The third-order valence-electron chi connectivity index (χ3n) is 5.26. The zero-order chi connectivity index (χ0) is 21.2. The van der Waals surface area contributed by atoms with Crippen molar-refractivity contribution in [2.24, 2.45) is 0 Å². The van der Waals surface area contributed by atoms with Gasteiger partial charge in [0.1, 0.15) is 5.01 Å². The zero-order valence-electron chi connectivity index (χ0n) is 17.0. The summed E-state index contributed by atoms with van der Waals surface area (Å²) in [6.07, 6.45) is 1.81. The smallest absolute Gasteiger partial charge is 0.251 e. The summed E-state index contributed by atoms with van der Waals surface area (Å²) < 4.78 is 1.12. The molecule has 152 valence electrons. The van der Waals surface area contributed by atoms with Gasteiger partial charge in [-0.25, -0.2) is 4.98 Å². The molecule has 0 atom stereocenters. The number of thiazole rings is 1. The molecule has 3 aromatic carbocycles. The van der Waals surface area contributed by atoms with Gasteiger partial charge in [0.2, 0.25) is 0 Å². The third-order valence-corrected chi connectivity index (χ3v) is 6.94. The molecule has 0 saturated carbocycles. The molecule has 5 rings (SSSR count). The van der Waals surface area contributed by atoms with E-state index in [1.165, 1.54) is 10.9 Å². The molecule has 0 fully saturated rings. The van der Waals surface area contributed by atoms with Gasteiger partial charge in [0.15, 0.2) is 0 Å². The number of carbonyl (C=O) groups is 1. The maximum absolute atomic E-state index is 13.0. The molecule has 0 radical (unpaired) electrons. The fourth-order valence-electron chi connectivity index (χ4n) is 3.64. The highest BCUT2D eigenvalue weighted by Gasteiger charge is 2.13. The number of amides is 1. The molecule has 0 spiro atoms. The van der Waals surface area contributed by atoms with Gasteiger partial charge in [-0.05, 0) is 53.3 Å². The first-order chi connectivity index (χ1) is 15.2. The number of nitrogens with one attached hydrogen (secondary N) is 1. The van der Waals surface area contributed by atoms with Crippen LogP contribution in [0.25, 0.3) is 31.8 Å². The SMILES string of the molecule is Cc1ccc(-c2cc(C(=O)NCc3cccc(-c4nccs4)c3)cc3sccc23)cc1. The summed E-state index contributed by atoms with van der Waals surface area (Å²) in [6.45, 7) is 2.55. The van der Waals surface area contributed by atoms with Crippen LogP contribution in [0.4, 0.5) is 0 Å². The number of carbonyl (C=O) groups excluding carboxylic acids is 1. The summed E-state index contributed by atoms with van der Waals surface area (Å²) in [5, 5.41) is 9.29. The van der Waals surface area contributed by atoms with E-state index < -0.39 is 0 Å². The Hall–Kier alpha value is -3.28. The van der Waals surface area contributed by atoms with Gasteiger partial charge in [-0.15, -0.1) is 22.7 Å². The second-order valence-corrected chi connectivity index (χ2v) is 9.28. The molecule has 1 N–H and O–H groups in total. The van der Waals surface area contributed by atoms with Crippen molar-refractivity contribution >= 4 is 38.7 Å². The van der Waals surface area contributed by atoms with Crippen molar-refractivity contribution < 1.29 is 4.79 Å². The Kier molecular flexibility index (Phi) is 5.37. The molecule has 5 aromatic rings. The van der Waals surface area contributed by atoms with E-state index in [0.717, 1.165) is 32.0 Å². The minimum absolute atomic E-state index is 0.0664. The number of hydrogen-bond donors (Lipinski definition) is 1. The molecule has 1 amide bonds. The van der Waals surface area contributed by atoms with Crippen molar-refractivity contribution in [2.45, 2.75) is 13.5 Å². The lowest BCUT2D eigenvalue weighted by atomic mass is 9.98. The number of fused-ring (bicyclic) bond motifs is 1. The van der Waals surface area contributed by atoms with Crippen molar-refractivity contribution in [2.75, 3.05) is 0 Å². The number of nitrogens with zero attached hydrogens (tertiary/aromatic N) is 1. The van der Waals surface area contributed by atoms with Crippen molar-refractivity contribution in [3.8, 4) is 21.7 Å². The molecule has 0 aliphatic carbocycles. The van der Waals surface area contributed by atoms with Crippen LogP contribution in [-0.2, 0) is 6.54 Å². The molecule has 2 aromatic heterocycles. The van der Waals surface area contributed by atoms with Gasteiger partial charge in [-0.2, -0.15) is 0 Å². The highest BCUT2D eigenvalue weighted by molar-refractivity contribution is 7.17. The second kappa shape index (κ2) is 8.46. The van der Waals surface area contributed by atoms with E-state index in [9.17, 15) is 4.79 Å². The van der Waals surface area contributed by atoms with Crippen LogP contribution < -0.4 is 5.32 Å². The lowest BCUT2D eigenvalue weighted by molar-refractivity contribution is 0.0951. The Bertz CT molecular complexity index is 1350. The lowest BCUT2D eigenvalue weighted by Crippen LogP contribution is -2.22. The largest absolute Gasteiger partial charge is 0.348 e. The normalized spacial score (nSPS) is 11.0. The highest BCUT2D eigenvalue weighted by atomic mass is 32.1. The zero-order valence-corrected chi connectivity index (χ0v) is 18.6. The van der Waals surface area contributed by atoms with Crippen LogP contribution in [0.1, 0.15) is 21.5 Å². The van der Waals surface area contributed by atoms with Gasteiger partial charge in [-0.3, -0.25) is 4.79 Å². The Morgan fingerprint density at radius 1 is 0.935 bits per heavy atom. The number of benzene rings is 3. The van der Waals surface area contributed by atoms with Gasteiger partial charge >= 0.3 is 0 Å². The Labute approximate surface area is 189 Å². The molecule has 2 heterocycles. The summed E-state index contributed by atoms with van der Waals surface area (Å²) >= 11 is 3.27. The molecule has 0 unspecified atom stereocenters. The van der Waals surface area contributed by atoms with Crippen LogP contribution in [0.15, 0.2) is 83.7 Å². The number of aryl methyl sites for hydroxylation is 1. The first-order valence-electron chi connectivity index (χ1n) is 10.0. The van der Waals surface area contributed by atoms with Gasteiger partial charge in [-0.1, -0.05) is 48.0 Å². The Balaban J connectivity index is 1.40. The minimum Gasteiger partial charge on any atom is -0.348 e. The monoisotopic (exact) mass is 440 g/mol. The molecule has 0 saturated heterocycles. The summed E-state index contributed by atoms with van der Waals surface area (Å²) in [5.74, 6) is -0.0664. The van der Waals surface area contributed by atoms with E-state index in [2.05, 4.69) is 59.0 Å². The maximum atomic E-state index is 13.0. The van der Waals surface area contributed by atoms with E-state index in [0.29, 0.717) is 12.1 Å². The minimum atomic E-state index is -0.0664. The van der Waals surface area contributed by atoms with Crippen molar-refractivity contribution in [1.29, 1.82) is 0 Å². The van der Waals surface area contributed by atoms with Crippen molar-refractivity contribution in [3.05, 3.63) is 100 Å². The van der Waals surface area contributed by atoms with E-state index in [4.69, 9.17) is 0 Å². The first-order valence-corrected chi connectivity index (χ1v) is 11.8. The van der Waals surface area contributed by atoms with E-state index in [-0.39, 0.29) is 5.91 Å². The second-order valence-electron chi connectivity index (χ2n) is 7.44. The van der Waals surface area contributed by atoms with Gasteiger partial charge in [0.05, 0.1) is 0 Å². The van der Waals surface area contributed by atoms with Crippen molar-refractivity contribution in [1.82, 2.24) is 10.3 Å². The molecule has 0 bridgehead atoms.